The number of amides is 1. The molecular weight excluding hydrogens is 334 g/mol. The fraction of sp³-hybridized carbons (Fsp3) is 0. The van der Waals surface area contributed by atoms with E-state index < -0.39 is 0 Å². The second-order valence-corrected chi connectivity index (χ2v) is 5.02. The van der Waals surface area contributed by atoms with Crippen LogP contribution in [0.4, 0.5) is 5.69 Å². The Morgan fingerprint density at radius 2 is 1.95 bits per heavy atom. The van der Waals surface area contributed by atoms with E-state index in [1.807, 2.05) is 12.1 Å². The Balaban J connectivity index is 1.73. The molecule has 0 aliphatic carbocycles. The van der Waals surface area contributed by atoms with Crippen molar-refractivity contribution in [1.82, 2.24) is 19.7 Å². The van der Waals surface area contributed by atoms with E-state index in [4.69, 9.17) is 0 Å². The summed E-state index contributed by atoms with van der Waals surface area (Å²) in [7, 11) is 0. The fourth-order valence-electron chi connectivity index (χ4n) is 1.75. The lowest BCUT2D eigenvalue weighted by Gasteiger charge is -2.06. The molecule has 0 aliphatic rings. The van der Waals surface area contributed by atoms with E-state index in [0.717, 1.165) is 5.69 Å². The average Bonchev–Trinajstić information content (AvgIpc) is 3.03. The van der Waals surface area contributed by atoms with Gasteiger partial charge in [0.2, 0.25) is 0 Å². The minimum atomic E-state index is -0.205. The normalized spacial score (nSPS) is 10.3. The van der Waals surface area contributed by atoms with Gasteiger partial charge >= 0.3 is 0 Å². The van der Waals surface area contributed by atoms with Crippen molar-refractivity contribution in [2.75, 3.05) is 5.32 Å². The molecule has 0 atom stereocenters. The van der Waals surface area contributed by atoms with Gasteiger partial charge in [-0.2, -0.15) is 5.10 Å². The molecule has 0 bridgehead atoms. The van der Waals surface area contributed by atoms with Gasteiger partial charge in [0.25, 0.3) is 5.91 Å². The van der Waals surface area contributed by atoms with Gasteiger partial charge in [-0.15, -0.1) is 0 Å². The van der Waals surface area contributed by atoms with Gasteiger partial charge in [-0.05, 0) is 52.3 Å². The van der Waals surface area contributed by atoms with Crippen molar-refractivity contribution in [2.24, 2.45) is 0 Å². The van der Waals surface area contributed by atoms with E-state index in [-0.39, 0.29) is 5.91 Å². The standard InChI is InChI=1S/C14H10BrN5O/c15-13-6-1-10(7-17-13)14(21)19-11-2-4-12(5-3-11)20-9-16-8-18-20/h1-9H,(H,19,21). The van der Waals surface area contributed by atoms with Crippen LogP contribution in [-0.4, -0.2) is 25.7 Å². The summed E-state index contributed by atoms with van der Waals surface area (Å²) in [6, 6.07) is 10.7. The van der Waals surface area contributed by atoms with Crippen molar-refractivity contribution >= 4 is 27.5 Å². The summed E-state index contributed by atoms with van der Waals surface area (Å²) in [4.78, 5) is 20.0. The van der Waals surface area contributed by atoms with Crippen molar-refractivity contribution in [2.45, 2.75) is 0 Å². The first-order valence-corrected chi connectivity index (χ1v) is 6.90. The molecule has 0 unspecified atom stereocenters. The molecule has 1 amide bonds. The van der Waals surface area contributed by atoms with Gasteiger partial charge in [0.05, 0.1) is 11.3 Å². The molecule has 3 aromatic rings. The van der Waals surface area contributed by atoms with Crippen LogP contribution in [0.5, 0.6) is 0 Å². The summed E-state index contributed by atoms with van der Waals surface area (Å²) >= 11 is 3.23. The number of hydrogen-bond donors (Lipinski definition) is 1. The zero-order valence-corrected chi connectivity index (χ0v) is 12.4. The lowest BCUT2D eigenvalue weighted by molar-refractivity contribution is 0.102. The van der Waals surface area contributed by atoms with Crippen LogP contribution < -0.4 is 5.32 Å². The number of pyridine rings is 1. The van der Waals surface area contributed by atoms with Crippen LogP contribution in [0, 0.1) is 0 Å². The molecule has 1 N–H and O–H groups in total. The lowest BCUT2D eigenvalue weighted by Crippen LogP contribution is -2.12. The quantitative estimate of drug-likeness (QED) is 0.742. The summed E-state index contributed by atoms with van der Waals surface area (Å²) in [6.07, 6.45) is 4.60. The molecule has 104 valence electrons. The zero-order chi connectivity index (χ0) is 14.7. The third kappa shape index (κ3) is 3.14. The monoisotopic (exact) mass is 343 g/mol. The molecule has 2 aromatic heterocycles. The van der Waals surface area contributed by atoms with Crippen LogP contribution in [0.3, 0.4) is 0 Å². The zero-order valence-electron chi connectivity index (χ0n) is 10.8. The summed E-state index contributed by atoms with van der Waals surface area (Å²) < 4.78 is 2.33. The van der Waals surface area contributed by atoms with Gasteiger partial charge in [-0.3, -0.25) is 4.79 Å². The maximum atomic E-state index is 12.0. The highest BCUT2D eigenvalue weighted by Crippen LogP contribution is 2.14. The molecule has 0 spiro atoms. The van der Waals surface area contributed by atoms with E-state index in [0.29, 0.717) is 15.9 Å². The van der Waals surface area contributed by atoms with E-state index in [1.165, 1.54) is 12.5 Å². The van der Waals surface area contributed by atoms with Crippen molar-refractivity contribution in [3.05, 3.63) is 65.4 Å². The van der Waals surface area contributed by atoms with E-state index in [1.54, 1.807) is 35.3 Å². The first-order valence-electron chi connectivity index (χ1n) is 6.10. The summed E-state index contributed by atoms with van der Waals surface area (Å²) in [5.74, 6) is -0.205. The minimum absolute atomic E-state index is 0.205. The molecule has 21 heavy (non-hydrogen) atoms. The van der Waals surface area contributed by atoms with Crippen LogP contribution >= 0.6 is 15.9 Å². The lowest BCUT2D eigenvalue weighted by atomic mass is 10.2. The molecule has 6 nitrogen and oxygen atoms in total. The topological polar surface area (TPSA) is 72.7 Å². The molecule has 0 saturated carbocycles. The number of hydrogen-bond acceptors (Lipinski definition) is 4. The number of aromatic nitrogens is 4. The number of benzene rings is 1. The Morgan fingerprint density at radius 1 is 1.14 bits per heavy atom. The second kappa shape index (κ2) is 5.84. The summed E-state index contributed by atoms with van der Waals surface area (Å²) in [6.45, 7) is 0. The number of rotatable bonds is 3. The Hall–Kier alpha value is -2.54. The third-order valence-corrected chi connectivity index (χ3v) is 3.27. The molecular formula is C14H10BrN5O. The minimum Gasteiger partial charge on any atom is -0.322 e. The van der Waals surface area contributed by atoms with Crippen LogP contribution in [0.15, 0.2) is 59.9 Å². The predicted molar refractivity (Wildman–Crippen MR) is 81.2 cm³/mol. The molecule has 0 aliphatic heterocycles. The van der Waals surface area contributed by atoms with E-state index in [2.05, 4.69) is 36.3 Å². The SMILES string of the molecule is O=C(Nc1ccc(-n2cncn2)cc1)c1ccc(Br)nc1. The second-order valence-electron chi connectivity index (χ2n) is 4.21. The first kappa shape index (κ1) is 13.4. The molecule has 2 heterocycles. The van der Waals surface area contributed by atoms with Crippen molar-refractivity contribution in [3.63, 3.8) is 0 Å². The van der Waals surface area contributed by atoms with Gasteiger partial charge in [0.15, 0.2) is 0 Å². The molecule has 3 rings (SSSR count). The highest BCUT2D eigenvalue weighted by Gasteiger charge is 2.06. The van der Waals surface area contributed by atoms with Gasteiger partial charge in [-0.25, -0.2) is 14.6 Å². The Bertz CT molecular complexity index is 738. The van der Waals surface area contributed by atoms with Gasteiger partial charge in [0.1, 0.15) is 17.3 Å². The summed E-state index contributed by atoms with van der Waals surface area (Å²) in [5.41, 5.74) is 2.07. The van der Waals surface area contributed by atoms with E-state index >= 15 is 0 Å². The molecule has 0 fully saturated rings. The molecule has 1 aromatic carbocycles. The molecule has 7 heteroatoms. The van der Waals surface area contributed by atoms with Gasteiger partial charge < -0.3 is 5.32 Å². The average molecular weight is 344 g/mol. The van der Waals surface area contributed by atoms with Crippen LogP contribution in [0.1, 0.15) is 10.4 Å². The molecule has 0 saturated heterocycles. The van der Waals surface area contributed by atoms with Crippen LogP contribution in [0.2, 0.25) is 0 Å². The Labute approximate surface area is 129 Å². The Kier molecular flexibility index (Phi) is 3.74. The highest BCUT2D eigenvalue weighted by molar-refractivity contribution is 9.10. The third-order valence-electron chi connectivity index (χ3n) is 2.80. The number of anilines is 1. The van der Waals surface area contributed by atoms with Gasteiger partial charge in [0, 0.05) is 11.9 Å². The number of carbonyl (C=O) groups is 1. The van der Waals surface area contributed by atoms with Crippen LogP contribution in [-0.2, 0) is 0 Å². The van der Waals surface area contributed by atoms with Gasteiger partial charge in [-0.1, -0.05) is 0 Å². The van der Waals surface area contributed by atoms with E-state index in [9.17, 15) is 4.79 Å². The predicted octanol–water partition coefficient (Wildman–Crippen LogP) is 2.68. The number of halogens is 1. The fourth-order valence-corrected chi connectivity index (χ4v) is 1.99. The molecule has 0 radical (unpaired) electrons. The van der Waals surface area contributed by atoms with Crippen molar-refractivity contribution in [3.8, 4) is 5.69 Å². The number of nitrogens with one attached hydrogen (secondary N) is 1. The maximum absolute atomic E-state index is 12.0. The first-order chi connectivity index (χ1) is 10.2. The smallest absolute Gasteiger partial charge is 0.257 e. The van der Waals surface area contributed by atoms with Crippen LogP contribution in [0.25, 0.3) is 5.69 Å². The Morgan fingerprint density at radius 3 is 2.57 bits per heavy atom. The maximum Gasteiger partial charge on any atom is 0.257 e. The highest BCUT2D eigenvalue weighted by atomic mass is 79.9. The number of nitrogens with zero attached hydrogens (tertiary/aromatic N) is 4. The number of carbonyl (C=O) groups excluding carboxylic acids is 1. The van der Waals surface area contributed by atoms with Crippen molar-refractivity contribution < 1.29 is 4.79 Å². The summed E-state index contributed by atoms with van der Waals surface area (Å²) in [5, 5.41) is 6.85. The van der Waals surface area contributed by atoms with Crippen molar-refractivity contribution in [1.29, 1.82) is 0 Å². The largest absolute Gasteiger partial charge is 0.322 e.